The maximum atomic E-state index is 12.9. The molecule has 7 heteroatoms. The summed E-state index contributed by atoms with van der Waals surface area (Å²) in [6, 6.07) is 12.7. The van der Waals surface area contributed by atoms with Crippen LogP contribution in [0.15, 0.2) is 53.4 Å². The third kappa shape index (κ3) is 3.93. The number of aliphatic hydroxyl groups excluding tert-OH is 1. The van der Waals surface area contributed by atoms with Crippen LogP contribution in [-0.2, 0) is 10.0 Å². The molecule has 0 heterocycles. The van der Waals surface area contributed by atoms with Gasteiger partial charge >= 0.3 is 0 Å². The molecule has 0 aliphatic heterocycles. The summed E-state index contributed by atoms with van der Waals surface area (Å²) >= 11 is 11.8. The van der Waals surface area contributed by atoms with Crippen molar-refractivity contribution in [1.82, 2.24) is 0 Å². The van der Waals surface area contributed by atoms with E-state index in [0.717, 1.165) is 4.31 Å². The molecule has 0 aromatic heterocycles. The lowest BCUT2D eigenvalue weighted by molar-refractivity contribution is 0.204. The molecule has 1 N–H and O–H groups in total. The molecule has 0 saturated heterocycles. The molecule has 2 aromatic carbocycles. The number of aliphatic hydroxyl groups is 1. The third-order valence-electron chi connectivity index (χ3n) is 2.90. The summed E-state index contributed by atoms with van der Waals surface area (Å²) in [5.74, 6) is 0. The molecule has 0 spiro atoms. The highest BCUT2D eigenvalue weighted by molar-refractivity contribution is 7.92. The summed E-state index contributed by atoms with van der Waals surface area (Å²) in [4.78, 5) is -0.0190. The van der Waals surface area contributed by atoms with Crippen LogP contribution in [0.1, 0.15) is 6.92 Å². The quantitative estimate of drug-likeness (QED) is 0.887. The maximum absolute atomic E-state index is 12.9. The van der Waals surface area contributed by atoms with Gasteiger partial charge in [0.25, 0.3) is 10.0 Å². The molecule has 0 amide bonds. The van der Waals surface area contributed by atoms with Crippen molar-refractivity contribution in [2.45, 2.75) is 17.9 Å². The number of para-hydroxylation sites is 1. The van der Waals surface area contributed by atoms with Gasteiger partial charge in [-0.25, -0.2) is 8.42 Å². The second-order valence-corrected chi connectivity index (χ2v) is 7.56. The van der Waals surface area contributed by atoms with Crippen LogP contribution in [0.3, 0.4) is 0 Å². The first-order valence-corrected chi connectivity index (χ1v) is 8.72. The Kier molecular flexibility index (Phi) is 5.34. The Balaban J connectivity index is 2.54. The molecular weight excluding hydrogens is 345 g/mol. The molecule has 0 bridgehead atoms. The molecule has 0 fully saturated rings. The highest BCUT2D eigenvalue weighted by Gasteiger charge is 2.26. The average Bonchev–Trinajstić information content (AvgIpc) is 2.44. The SMILES string of the molecule is CC(O)CN(c1ccccc1)S(=O)(=O)c1cc(Cl)cc(Cl)c1. The van der Waals surface area contributed by atoms with Gasteiger partial charge in [-0.05, 0) is 37.3 Å². The van der Waals surface area contributed by atoms with Crippen LogP contribution in [0, 0.1) is 0 Å². The van der Waals surface area contributed by atoms with E-state index in [1.165, 1.54) is 25.1 Å². The van der Waals surface area contributed by atoms with E-state index in [9.17, 15) is 13.5 Å². The highest BCUT2D eigenvalue weighted by atomic mass is 35.5. The first kappa shape index (κ1) is 17.1. The normalized spacial score (nSPS) is 12.9. The summed E-state index contributed by atoms with van der Waals surface area (Å²) in [6.07, 6.45) is -0.829. The molecule has 2 rings (SSSR count). The molecule has 1 atom stereocenters. The lowest BCUT2D eigenvalue weighted by Crippen LogP contribution is -2.36. The van der Waals surface area contributed by atoms with E-state index in [1.807, 2.05) is 0 Å². The summed E-state index contributed by atoms with van der Waals surface area (Å²) in [5.41, 5.74) is 0.458. The monoisotopic (exact) mass is 359 g/mol. The number of halogens is 2. The van der Waals surface area contributed by atoms with Gasteiger partial charge in [0.2, 0.25) is 0 Å². The van der Waals surface area contributed by atoms with Crippen LogP contribution in [-0.4, -0.2) is 26.2 Å². The fraction of sp³-hybridized carbons (Fsp3) is 0.200. The minimum atomic E-state index is -3.89. The Morgan fingerprint density at radius 1 is 1.09 bits per heavy atom. The Labute approximate surface area is 140 Å². The molecule has 0 aliphatic carbocycles. The number of hydrogen-bond acceptors (Lipinski definition) is 3. The van der Waals surface area contributed by atoms with Gasteiger partial charge in [-0.1, -0.05) is 41.4 Å². The van der Waals surface area contributed by atoms with Gasteiger partial charge in [0.1, 0.15) is 0 Å². The smallest absolute Gasteiger partial charge is 0.264 e. The topological polar surface area (TPSA) is 57.6 Å². The maximum Gasteiger partial charge on any atom is 0.264 e. The first-order valence-electron chi connectivity index (χ1n) is 6.52. The van der Waals surface area contributed by atoms with Crippen LogP contribution >= 0.6 is 23.2 Å². The molecule has 118 valence electrons. The molecule has 1 unspecified atom stereocenters. The zero-order valence-electron chi connectivity index (χ0n) is 11.8. The van der Waals surface area contributed by atoms with Crippen LogP contribution in [0.2, 0.25) is 10.0 Å². The molecule has 0 saturated carbocycles. The van der Waals surface area contributed by atoms with E-state index < -0.39 is 16.1 Å². The average molecular weight is 360 g/mol. The van der Waals surface area contributed by atoms with Crippen molar-refractivity contribution in [3.8, 4) is 0 Å². The van der Waals surface area contributed by atoms with Crippen LogP contribution < -0.4 is 4.31 Å². The Bertz CT molecular complexity index is 728. The van der Waals surface area contributed by atoms with Gasteiger partial charge in [-0.15, -0.1) is 0 Å². The summed E-state index contributed by atoms with van der Waals surface area (Å²) < 4.78 is 26.9. The van der Waals surface area contributed by atoms with E-state index in [4.69, 9.17) is 23.2 Å². The van der Waals surface area contributed by atoms with E-state index in [0.29, 0.717) is 5.69 Å². The van der Waals surface area contributed by atoms with Crippen molar-refractivity contribution in [3.63, 3.8) is 0 Å². The van der Waals surface area contributed by atoms with Gasteiger partial charge < -0.3 is 5.11 Å². The number of benzene rings is 2. The summed E-state index contributed by atoms with van der Waals surface area (Å²) in [6.45, 7) is 1.45. The largest absolute Gasteiger partial charge is 0.392 e. The van der Waals surface area contributed by atoms with Crippen LogP contribution in [0.5, 0.6) is 0 Å². The van der Waals surface area contributed by atoms with Crippen molar-refractivity contribution >= 4 is 38.9 Å². The molecular formula is C15H15Cl2NO3S. The highest BCUT2D eigenvalue weighted by Crippen LogP contribution is 2.28. The van der Waals surface area contributed by atoms with E-state index in [2.05, 4.69) is 0 Å². The molecule has 4 nitrogen and oxygen atoms in total. The first-order chi connectivity index (χ1) is 10.3. The molecule has 2 aromatic rings. The van der Waals surface area contributed by atoms with E-state index in [1.54, 1.807) is 30.3 Å². The van der Waals surface area contributed by atoms with Crippen molar-refractivity contribution in [2.75, 3.05) is 10.8 Å². The second kappa shape index (κ2) is 6.87. The van der Waals surface area contributed by atoms with Crippen molar-refractivity contribution < 1.29 is 13.5 Å². The zero-order valence-corrected chi connectivity index (χ0v) is 14.1. The Morgan fingerprint density at radius 2 is 1.64 bits per heavy atom. The number of hydrogen-bond donors (Lipinski definition) is 1. The fourth-order valence-corrected chi connectivity index (χ4v) is 4.25. The number of anilines is 1. The van der Waals surface area contributed by atoms with E-state index >= 15 is 0 Å². The van der Waals surface area contributed by atoms with Gasteiger partial charge in [0.05, 0.1) is 23.2 Å². The Hall–Kier alpha value is -1.27. The Morgan fingerprint density at radius 3 is 2.14 bits per heavy atom. The van der Waals surface area contributed by atoms with Gasteiger partial charge in [0.15, 0.2) is 0 Å². The number of sulfonamides is 1. The van der Waals surface area contributed by atoms with Crippen LogP contribution in [0.25, 0.3) is 0 Å². The van der Waals surface area contributed by atoms with Crippen molar-refractivity contribution in [3.05, 3.63) is 58.6 Å². The predicted octanol–water partition coefficient (Wildman–Crippen LogP) is 3.57. The standard InChI is InChI=1S/C15H15Cl2NO3S/c1-11(19)10-18(14-5-3-2-4-6-14)22(20,21)15-8-12(16)7-13(17)9-15/h2-9,11,19H,10H2,1H3. The fourth-order valence-electron chi connectivity index (χ4n) is 1.98. The van der Waals surface area contributed by atoms with Crippen molar-refractivity contribution in [1.29, 1.82) is 0 Å². The van der Waals surface area contributed by atoms with Crippen molar-refractivity contribution in [2.24, 2.45) is 0 Å². The molecule has 0 radical (unpaired) electrons. The van der Waals surface area contributed by atoms with E-state index in [-0.39, 0.29) is 21.5 Å². The number of rotatable bonds is 5. The minimum Gasteiger partial charge on any atom is -0.392 e. The lowest BCUT2D eigenvalue weighted by Gasteiger charge is -2.26. The minimum absolute atomic E-state index is 0.0190. The molecule has 22 heavy (non-hydrogen) atoms. The second-order valence-electron chi connectivity index (χ2n) is 4.83. The zero-order chi connectivity index (χ0) is 16.3. The van der Waals surface area contributed by atoms with Crippen LogP contribution in [0.4, 0.5) is 5.69 Å². The van der Waals surface area contributed by atoms with Gasteiger partial charge in [0, 0.05) is 10.0 Å². The predicted molar refractivity (Wildman–Crippen MR) is 89.1 cm³/mol. The lowest BCUT2D eigenvalue weighted by atomic mass is 10.3. The molecule has 0 aliphatic rings. The van der Waals surface area contributed by atoms with Gasteiger partial charge in [-0.2, -0.15) is 0 Å². The third-order valence-corrected chi connectivity index (χ3v) is 5.11. The number of nitrogens with zero attached hydrogens (tertiary/aromatic N) is 1. The summed E-state index contributed by atoms with van der Waals surface area (Å²) in [7, 11) is -3.89. The summed E-state index contributed by atoms with van der Waals surface area (Å²) in [5, 5.41) is 10.1. The van der Waals surface area contributed by atoms with Gasteiger partial charge in [-0.3, -0.25) is 4.31 Å².